The first-order valence-electron chi connectivity index (χ1n) is 12.2. The highest BCUT2D eigenvalue weighted by Gasteiger charge is 1.95. The summed E-state index contributed by atoms with van der Waals surface area (Å²) in [6.45, 7) is 30.0. The first kappa shape index (κ1) is 41.1. The molecule has 0 saturated carbocycles. The zero-order chi connectivity index (χ0) is 23.1. The smallest absolute Gasteiger partial charge is 0.119 e. The fourth-order valence-corrected chi connectivity index (χ4v) is 1.42. The van der Waals surface area contributed by atoms with Crippen LogP contribution in [0, 0.1) is 17.8 Å². The monoisotopic (exact) mass is 390 g/mol. The van der Waals surface area contributed by atoms with Crippen LogP contribution in [-0.2, 0) is 4.79 Å². The Labute approximate surface area is 177 Å². The Kier molecular flexibility index (Phi) is 76.2. The largest absolute Gasteiger partial charge is 0.303 e. The van der Waals surface area contributed by atoms with Crippen molar-refractivity contribution in [3.8, 4) is 0 Å². The summed E-state index contributed by atoms with van der Waals surface area (Å²) < 4.78 is 0. The molecule has 1 nitrogen and oxygen atoms in total. The lowest BCUT2D eigenvalue weighted by atomic mass is 10.0. The van der Waals surface area contributed by atoms with E-state index < -0.39 is 0 Å². The Balaban J connectivity index is -0.0000000524. The average molecular weight is 391 g/mol. The molecule has 0 aromatic carbocycles. The minimum Gasteiger partial charge on any atom is -0.303 e. The van der Waals surface area contributed by atoms with Gasteiger partial charge in [-0.2, -0.15) is 0 Å². The fraction of sp³-hybridized carbons (Fsp3) is 0.962. The van der Waals surface area contributed by atoms with Crippen molar-refractivity contribution in [2.45, 2.75) is 148 Å². The zero-order valence-electron chi connectivity index (χ0n) is 22.4. The molecule has 0 aliphatic carbocycles. The van der Waals surface area contributed by atoms with Crippen molar-refractivity contribution in [2.75, 3.05) is 0 Å². The first-order valence-corrected chi connectivity index (χ1v) is 12.2. The molecule has 0 atom stereocenters. The van der Waals surface area contributed by atoms with E-state index >= 15 is 0 Å². The molecule has 0 aromatic heterocycles. The number of hydrogen-bond acceptors (Lipinski definition) is 1. The molecule has 0 bridgehead atoms. The second-order valence-electron chi connectivity index (χ2n) is 6.98. The molecule has 0 spiro atoms. The van der Waals surface area contributed by atoms with E-state index in [9.17, 15) is 4.79 Å². The summed E-state index contributed by atoms with van der Waals surface area (Å²) in [5.74, 6) is 2.78. The Morgan fingerprint density at radius 1 is 0.593 bits per heavy atom. The maximum absolute atomic E-state index is 9.17. The van der Waals surface area contributed by atoms with Gasteiger partial charge >= 0.3 is 0 Å². The molecule has 0 fully saturated rings. The minimum atomic E-state index is 0.639. The van der Waals surface area contributed by atoms with E-state index in [0.717, 1.165) is 24.0 Å². The van der Waals surface area contributed by atoms with E-state index in [1.807, 2.05) is 34.6 Å². The van der Waals surface area contributed by atoms with Crippen molar-refractivity contribution < 1.29 is 4.79 Å². The first-order chi connectivity index (χ1) is 12.8. The molecule has 0 N–H and O–H groups in total. The molecule has 0 aromatic rings. The average Bonchev–Trinajstić information content (AvgIpc) is 2.71. The van der Waals surface area contributed by atoms with Crippen LogP contribution in [0.15, 0.2) is 0 Å². The van der Waals surface area contributed by atoms with Gasteiger partial charge in [0.25, 0.3) is 0 Å². The predicted molar refractivity (Wildman–Crippen MR) is 133 cm³/mol. The molecule has 0 aliphatic heterocycles. The van der Waals surface area contributed by atoms with Gasteiger partial charge in [-0.25, -0.2) is 0 Å². The quantitative estimate of drug-likeness (QED) is 0.376. The number of carbonyl (C=O) groups is 1. The van der Waals surface area contributed by atoms with Crippen LogP contribution in [0.25, 0.3) is 0 Å². The van der Waals surface area contributed by atoms with Gasteiger partial charge in [-0.3, -0.25) is 0 Å². The summed E-state index contributed by atoms with van der Waals surface area (Å²) >= 11 is 0. The van der Waals surface area contributed by atoms with Gasteiger partial charge in [-0.05, 0) is 17.8 Å². The van der Waals surface area contributed by atoms with Crippen molar-refractivity contribution in [3.05, 3.63) is 0 Å². The van der Waals surface area contributed by atoms with Crippen LogP contribution >= 0.6 is 0 Å². The van der Waals surface area contributed by atoms with E-state index in [4.69, 9.17) is 0 Å². The molecule has 0 heterocycles. The van der Waals surface area contributed by atoms with Gasteiger partial charge in [0.1, 0.15) is 6.29 Å². The number of aldehydes is 1. The van der Waals surface area contributed by atoms with E-state index in [1.54, 1.807) is 0 Å². The van der Waals surface area contributed by atoms with Crippen LogP contribution in [0.3, 0.4) is 0 Å². The molecule has 0 aliphatic rings. The van der Waals surface area contributed by atoms with Crippen LogP contribution in [-0.4, -0.2) is 6.29 Å². The van der Waals surface area contributed by atoms with Crippen LogP contribution < -0.4 is 0 Å². The summed E-state index contributed by atoms with van der Waals surface area (Å²) in [5.41, 5.74) is 0. The Morgan fingerprint density at radius 2 is 0.852 bits per heavy atom. The molecular formula is C26H62O. The lowest BCUT2D eigenvalue weighted by molar-refractivity contribution is -0.107. The molecule has 0 saturated heterocycles. The maximum atomic E-state index is 9.17. The Morgan fingerprint density at radius 3 is 0.926 bits per heavy atom. The molecule has 172 valence electrons. The van der Waals surface area contributed by atoms with E-state index in [2.05, 4.69) is 62.3 Å². The highest BCUT2D eigenvalue weighted by atomic mass is 16.1. The van der Waals surface area contributed by atoms with Crippen molar-refractivity contribution in [2.24, 2.45) is 17.8 Å². The van der Waals surface area contributed by atoms with Gasteiger partial charge < -0.3 is 4.79 Å². The third-order valence-electron chi connectivity index (χ3n) is 3.94. The number of hydrogen-bond donors (Lipinski definition) is 0. The summed E-state index contributed by atoms with van der Waals surface area (Å²) in [6.07, 6.45) is 11.0. The molecule has 0 radical (unpaired) electrons. The molecular weight excluding hydrogens is 328 g/mol. The van der Waals surface area contributed by atoms with Gasteiger partial charge in [-0.1, -0.05) is 142 Å². The third-order valence-corrected chi connectivity index (χ3v) is 3.94. The van der Waals surface area contributed by atoms with Crippen LogP contribution in [0.1, 0.15) is 148 Å². The number of carbonyl (C=O) groups excluding carboxylic acids is 1. The van der Waals surface area contributed by atoms with Crippen LogP contribution in [0.2, 0.25) is 0 Å². The molecule has 1 heteroatoms. The second-order valence-corrected chi connectivity index (χ2v) is 6.98. The highest BCUT2D eigenvalue weighted by Crippen LogP contribution is 2.10. The maximum Gasteiger partial charge on any atom is 0.119 e. The third kappa shape index (κ3) is 89.6. The van der Waals surface area contributed by atoms with Crippen LogP contribution in [0.4, 0.5) is 0 Å². The van der Waals surface area contributed by atoms with Crippen molar-refractivity contribution >= 4 is 6.29 Å². The van der Waals surface area contributed by atoms with Crippen molar-refractivity contribution in [3.63, 3.8) is 0 Å². The zero-order valence-corrected chi connectivity index (χ0v) is 22.4. The minimum absolute atomic E-state index is 0.639. The normalized spacial score (nSPS) is 8.48. The van der Waals surface area contributed by atoms with Gasteiger partial charge in [0.05, 0.1) is 0 Å². The van der Waals surface area contributed by atoms with Crippen molar-refractivity contribution in [1.29, 1.82) is 0 Å². The Bertz CT molecular complexity index is 165. The topological polar surface area (TPSA) is 17.1 Å². The molecule has 0 unspecified atom stereocenters. The summed E-state index contributed by atoms with van der Waals surface area (Å²) in [6, 6.07) is 0. The predicted octanol–water partition coefficient (Wildman–Crippen LogP) is 10.4. The van der Waals surface area contributed by atoms with Gasteiger partial charge in [0.2, 0.25) is 0 Å². The SMILES string of the molecule is CC.CC.CCC(C)C.CCC(C)CC.CCC=O.CCCC(C)CCC. The molecule has 27 heavy (non-hydrogen) atoms. The standard InChI is InChI=1S/C8H18.C6H14.C5H12.C3H6O.2C2H6/c1-4-6-8(3)7-5-2;1-4-6(3)5-2;1-4-5(2)3;1-2-3-4;2*1-2/h8H,4-7H2,1-3H3;6H,4-5H2,1-3H3;5H,4H2,1-3H3;3H,2H2,1H3;2*1-2H3. The molecule has 0 amide bonds. The van der Waals surface area contributed by atoms with Gasteiger partial charge in [-0.15, -0.1) is 0 Å². The summed E-state index contributed by atoms with van der Waals surface area (Å²) in [5, 5.41) is 0. The lowest BCUT2D eigenvalue weighted by Crippen LogP contribution is -1.91. The van der Waals surface area contributed by atoms with E-state index in [-0.39, 0.29) is 0 Å². The molecule has 0 rings (SSSR count). The second kappa shape index (κ2) is 50.0. The lowest BCUT2D eigenvalue weighted by Gasteiger charge is -2.05. The summed E-state index contributed by atoms with van der Waals surface area (Å²) in [7, 11) is 0. The van der Waals surface area contributed by atoms with Crippen LogP contribution in [0.5, 0.6) is 0 Å². The van der Waals surface area contributed by atoms with E-state index in [0.29, 0.717) is 6.42 Å². The van der Waals surface area contributed by atoms with Crippen molar-refractivity contribution in [1.82, 2.24) is 0 Å². The van der Waals surface area contributed by atoms with Gasteiger partial charge in [0, 0.05) is 6.42 Å². The highest BCUT2D eigenvalue weighted by molar-refractivity contribution is 5.48. The Hall–Kier alpha value is -0.330. The number of rotatable bonds is 8. The van der Waals surface area contributed by atoms with E-state index in [1.165, 1.54) is 44.9 Å². The van der Waals surface area contributed by atoms with Gasteiger partial charge in [0.15, 0.2) is 0 Å². The fourth-order valence-electron chi connectivity index (χ4n) is 1.42. The summed E-state index contributed by atoms with van der Waals surface area (Å²) in [4.78, 5) is 9.17.